The van der Waals surface area contributed by atoms with Gasteiger partial charge in [-0.05, 0) is 59.5 Å². The van der Waals surface area contributed by atoms with Gasteiger partial charge in [0.1, 0.15) is 5.69 Å². The second kappa shape index (κ2) is 10.7. The smallest absolute Gasteiger partial charge is 0.354 e. The number of benzene rings is 3. The van der Waals surface area contributed by atoms with Crippen molar-refractivity contribution in [2.45, 2.75) is 0 Å². The zero-order valence-corrected chi connectivity index (χ0v) is 23.6. The van der Waals surface area contributed by atoms with E-state index in [0.29, 0.717) is 0 Å². The summed E-state index contributed by atoms with van der Waals surface area (Å²) in [5, 5.41) is 8.32. The average molecular weight is 691 g/mol. The molecule has 7 nitrogen and oxygen atoms in total. The maximum atomic E-state index is 10.1. The number of rotatable bonds is 2. The molecular weight excluding hydrogens is 667 g/mol. The Hall–Kier alpha value is -4.52. The van der Waals surface area contributed by atoms with Gasteiger partial charge >= 0.3 is 5.97 Å². The van der Waals surface area contributed by atoms with Crippen molar-refractivity contribution in [3.63, 3.8) is 0 Å². The number of hydrogen-bond donors (Lipinski definition) is 1. The Balaban J connectivity index is 0.000000265. The minimum Gasteiger partial charge on any atom is -0.477 e. The number of anilines is 7. The third-order valence-corrected chi connectivity index (χ3v) is 6.71. The molecule has 1 N–H and O–H groups in total. The topological polar surface area (TPSA) is 72.8 Å². The molecule has 2 aliphatic rings. The summed E-state index contributed by atoms with van der Waals surface area (Å²) in [6.07, 6.45) is 3.28. The van der Waals surface area contributed by atoms with E-state index in [-0.39, 0.29) is 25.8 Å². The molecule has 5 aromatic rings. The Morgan fingerprint density at radius 1 is 0.718 bits per heavy atom. The molecule has 2 aliphatic heterocycles. The molecule has 0 bridgehead atoms. The number of hydrogen-bond acceptors (Lipinski definition) is 6. The number of nitrogens with zero attached hydrogens (tertiary/aromatic N) is 5. The van der Waals surface area contributed by atoms with E-state index in [4.69, 9.17) is 5.11 Å². The molecule has 0 saturated carbocycles. The number of aromatic carboxylic acids is 1. The van der Waals surface area contributed by atoms with E-state index in [0.717, 1.165) is 28.3 Å². The molecule has 0 amide bonds. The standard InChI is InChI=1S/C25H19N4.C6H5NO2.Ir/c1-27-19-10-3-5-12-21(19)29-22-13-6-4-11-20(22)28(2)24-16-17(15-23(27)25(24)29)18-9-7-8-14-26-18;8-6(9)5-3-1-2-4-7-5;/h3-15H,1-2H3;1-4H,(H,8,9);/q-1;;. The van der Waals surface area contributed by atoms with Crippen LogP contribution in [0.3, 0.4) is 0 Å². The molecule has 0 unspecified atom stereocenters. The zero-order valence-electron chi connectivity index (χ0n) is 21.2. The fourth-order valence-electron chi connectivity index (χ4n) is 4.91. The molecule has 8 heteroatoms. The van der Waals surface area contributed by atoms with Crippen LogP contribution >= 0.6 is 0 Å². The van der Waals surface area contributed by atoms with Gasteiger partial charge in [0, 0.05) is 52.3 Å². The Kier molecular flexibility index (Phi) is 7.15. The van der Waals surface area contributed by atoms with Gasteiger partial charge < -0.3 is 24.8 Å². The summed E-state index contributed by atoms with van der Waals surface area (Å²) in [7, 11) is 4.25. The van der Waals surface area contributed by atoms with Gasteiger partial charge in [-0.2, -0.15) is 0 Å². The van der Waals surface area contributed by atoms with E-state index in [1.807, 2.05) is 24.4 Å². The number of fused-ring (bicyclic) bond motifs is 4. The first-order valence-electron chi connectivity index (χ1n) is 12.2. The van der Waals surface area contributed by atoms with Crippen LogP contribution in [0.1, 0.15) is 10.5 Å². The number of carboxylic acids is 1. The van der Waals surface area contributed by atoms with Gasteiger partial charge in [0.2, 0.25) is 0 Å². The number of carboxylic acid groups (broad SMARTS) is 1. The summed E-state index contributed by atoms with van der Waals surface area (Å²) in [6, 6.07) is 33.7. The van der Waals surface area contributed by atoms with Crippen LogP contribution in [0, 0.1) is 6.07 Å². The van der Waals surface area contributed by atoms with E-state index < -0.39 is 5.97 Å². The Morgan fingerprint density at radius 3 is 1.82 bits per heavy atom. The number of carbonyl (C=O) groups is 1. The van der Waals surface area contributed by atoms with Gasteiger partial charge in [-0.15, -0.1) is 17.7 Å². The van der Waals surface area contributed by atoms with Crippen LogP contribution < -0.4 is 14.7 Å². The molecule has 39 heavy (non-hydrogen) atoms. The van der Waals surface area contributed by atoms with Crippen molar-refractivity contribution in [3.05, 3.63) is 115 Å². The van der Waals surface area contributed by atoms with Gasteiger partial charge in [-0.1, -0.05) is 42.5 Å². The molecular formula is C31H24IrN5O2-. The van der Waals surface area contributed by atoms with E-state index >= 15 is 0 Å². The molecule has 0 saturated heterocycles. The van der Waals surface area contributed by atoms with Crippen molar-refractivity contribution >= 4 is 45.8 Å². The van der Waals surface area contributed by atoms with Gasteiger partial charge in [-0.25, -0.2) is 9.78 Å². The van der Waals surface area contributed by atoms with Gasteiger partial charge in [0.15, 0.2) is 0 Å². The van der Waals surface area contributed by atoms with Crippen LogP contribution in [-0.2, 0) is 20.1 Å². The SMILES string of the molecule is CN1c2[c-]c(-c3ccccn3)cc3c2N(c2ccccc21)c1ccccc1N3C.O=C(O)c1ccccn1.[Ir]. The fourth-order valence-corrected chi connectivity index (χ4v) is 4.91. The van der Waals surface area contributed by atoms with Crippen LogP contribution in [0.4, 0.5) is 39.8 Å². The normalized spacial score (nSPS) is 12.2. The van der Waals surface area contributed by atoms with Crippen LogP contribution in [0.15, 0.2) is 103 Å². The third-order valence-electron chi connectivity index (χ3n) is 6.71. The monoisotopic (exact) mass is 691 g/mol. The first-order valence-corrected chi connectivity index (χ1v) is 12.2. The van der Waals surface area contributed by atoms with Crippen LogP contribution in [0.25, 0.3) is 11.3 Å². The minimum absolute atomic E-state index is 0. The van der Waals surface area contributed by atoms with Crippen LogP contribution in [0.5, 0.6) is 0 Å². The first kappa shape index (κ1) is 26.1. The van der Waals surface area contributed by atoms with Crippen LogP contribution in [0.2, 0.25) is 0 Å². The Morgan fingerprint density at radius 2 is 1.28 bits per heavy atom. The molecule has 3 aromatic carbocycles. The van der Waals surface area contributed by atoms with E-state index in [1.54, 1.807) is 12.1 Å². The van der Waals surface area contributed by atoms with Crippen molar-refractivity contribution in [1.82, 2.24) is 9.97 Å². The Labute approximate surface area is 240 Å². The molecule has 0 fully saturated rings. The summed E-state index contributed by atoms with van der Waals surface area (Å²) in [4.78, 5) is 25.2. The molecule has 4 heterocycles. The predicted octanol–water partition coefficient (Wildman–Crippen LogP) is 6.96. The third kappa shape index (κ3) is 4.54. The summed E-state index contributed by atoms with van der Waals surface area (Å²) in [5.41, 5.74) is 10.1. The summed E-state index contributed by atoms with van der Waals surface area (Å²) >= 11 is 0. The predicted molar refractivity (Wildman–Crippen MR) is 151 cm³/mol. The summed E-state index contributed by atoms with van der Waals surface area (Å²) in [6.45, 7) is 0. The second-order valence-corrected chi connectivity index (χ2v) is 8.93. The summed E-state index contributed by atoms with van der Waals surface area (Å²) < 4.78 is 0. The molecule has 195 valence electrons. The van der Waals surface area contributed by atoms with Crippen molar-refractivity contribution in [3.8, 4) is 11.3 Å². The van der Waals surface area contributed by atoms with Crippen molar-refractivity contribution in [2.24, 2.45) is 0 Å². The molecule has 0 aliphatic carbocycles. The van der Waals surface area contributed by atoms with E-state index in [2.05, 4.69) is 99.4 Å². The molecule has 7 rings (SSSR count). The van der Waals surface area contributed by atoms with Crippen molar-refractivity contribution in [2.75, 3.05) is 28.8 Å². The van der Waals surface area contributed by atoms with Gasteiger partial charge in [-0.3, -0.25) is 0 Å². The number of para-hydroxylation sites is 4. The first-order chi connectivity index (χ1) is 18.5. The minimum atomic E-state index is -0.990. The maximum Gasteiger partial charge on any atom is 0.354 e. The number of pyridine rings is 2. The van der Waals surface area contributed by atoms with Crippen LogP contribution in [-0.4, -0.2) is 35.1 Å². The second-order valence-electron chi connectivity index (χ2n) is 8.93. The average Bonchev–Trinajstić information content (AvgIpc) is 2.98. The zero-order chi connectivity index (χ0) is 26.2. The largest absolute Gasteiger partial charge is 0.477 e. The van der Waals surface area contributed by atoms with Crippen molar-refractivity contribution < 1.29 is 30.0 Å². The fraction of sp³-hybridized carbons (Fsp3) is 0.0645. The Bertz CT molecular complexity index is 1570. The molecule has 1 radical (unpaired) electrons. The van der Waals surface area contributed by atoms with E-state index in [9.17, 15) is 4.79 Å². The van der Waals surface area contributed by atoms with Gasteiger partial charge in [0.25, 0.3) is 0 Å². The molecule has 0 spiro atoms. The van der Waals surface area contributed by atoms with Gasteiger partial charge in [0.05, 0.1) is 22.7 Å². The quantitative estimate of drug-likeness (QED) is 0.201. The maximum absolute atomic E-state index is 10.1. The van der Waals surface area contributed by atoms with Crippen molar-refractivity contribution in [1.29, 1.82) is 0 Å². The summed E-state index contributed by atoms with van der Waals surface area (Å²) in [5.74, 6) is -0.990. The number of aromatic nitrogens is 2. The molecule has 2 aromatic heterocycles. The molecule has 0 atom stereocenters. The van der Waals surface area contributed by atoms with E-state index in [1.165, 1.54) is 35.0 Å².